The second-order valence-corrected chi connectivity index (χ2v) is 5.34. The predicted molar refractivity (Wildman–Crippen MR) is 87.3 cm³/mol. The van der Waals surface area contributed by atoms with E-state index in [0.717, 1.165) is 27.6 Å². The Morgan fingerprint density at radius 2 is 1.76 bits per heavy atom. The highest BCUT2D eigenvalue weighted by Crippen LogP contribution is 2.32. The Morgan fingerprint density at radius 1 is 1.00 bits per heavy atom. The van der Waals surface area contributed by atoms with E-state index in [-0.39, 0.29) is 0 Å². The Hall–Kier alpha value is -2.06. The van der Waals surface area contributed by atoms with E-state index in [1.165, 1.54) is 5.56 Å². The SMILES string of the molecule is Cc1cccc(Oc2ncc(CCl)c3ccccc23)c1C. The average Bonchev–Trinajstić information content (AvgIpc) is 2.52. The summed E-state index contributed by atoms with van der Waals surface area (Å²) in [7, 11) is 0. The third kappa shape index (κ3) is 2.59. The molecule has 1 heterocycles. The Kier molecular flexibility index (Phi) is 3.80. The summed E-state index contributed by atoms with van der Waals surface area (Å²) in [5, 5.41) is 2.07. The first-order valence-electron chi connectivity index (χ1n) is 6.87. The first-order valence-corrected chi connectivity index (χ1v) is 7.41. The van der Waals surface area contributed by atoms with Crippen LogP contribution in [0.4, 0.5) is 0 Å². The molecule has 0 N–H and O–H groups in total. The van der Waals surface area contributed by atoms with Gasteiger partial charge in [0.05, 0.1) is 0 Å². The zero-order valence-corrected chi connectivity index (χ0v) is 12.8. The number of halogens is 1. The number of rotatable bonds is 3. The summed E-state index contributed by atoms with van der Waals surface area (Å²) in [4.78, 5) is 4.44. The summed E-state index contributed by atoms with van der Waals surface area (Å²) in [6, 6.07) is 14.1. The van der Waals surface area contributed by atoms with Gasteiger partial charge in [-0.3, -0.25) is 0 Å². The van der Waals surface area contributed by atoms with Crippen LogP contribution in [-0.4, -0.2) is 4.98 Å². The lowest BCUT2D eigenvalue weighted by Crippen LogP contribution is -1.95. The van der Waals surface area contributed by atoms with Crippen LogP contribution in [0.2, 0.25) is 0 Å². The summed E-state index contributed by atoms with van der Waals surface area (Å²) < 4.78 is 6.05. The Bertz CT molecular complexity index is 798. The van der Waals surface area contributed by atoms with Crippen molar-refractivity contribution in [2.24, 2.45) is 0 Å². The van der Waals surface area contributed by atoms with Gasteiger partial charge >= 0.3 is 0 Å². The van der Waals surface area contributed by atoms with E-state index in [0.29, 0.717) is 11.8 Å². The predicted octanol–water partition coefficient (Wildman–Crippen LogP) is 5.38. The summed E-state index contributed by atoms with van der Waals surface area (Å²) in [6.07, 6.45) is 1.79. The summed E-state index contributed by atoms with van der Waals surface area (Å²) in [5.74, 6) is 1.90. The highest BCUT2D eigenvalue weighted by Gasteiger charge is 2.10. The lowest BCUT2D eigenvalue weighted by Gasteiger charge is -2.12. The fourth-order valence-electron chi connectivity index (χ4n) is 2.35. The van der Waals surface area contributed by atoms with Crippen LogP contribution < -0.4 is 4.74 Å². The van der Waals surface area contributed by atoms with E-state index < -0.39 is 0 Å². The number of fused-ring (bicyclic) bond motifs is 1. The molecule has 0 radical (unpaired) electrons. The maximum absolute atomic E-state index is 6.05. The van der Waals surface area contributed by atoms with Crippen LogP contribution in [0.5, 0.6) is 11.6 Å². The number of aryl methyl sites for hydroxylation is 1. The van der Waals surface area contributed by atoms with Crippen LogP contribution in [-0.2, 0) is 5.88 Å². The topological polar surface area (TPSA) is 22.1 Å². The van der Waals surface area contributed by atoms with Gasteiger partial charge in [-0.1, -0.05) is 30.3 Å². The van der Waals surface area contributed by atoms with Crippen LogP contribution in [0, 0.1) is 13.8 Å². The number of pyridine rings is 1. The zero-order valence-electron chi connectivity index (χ0n) is 12.1. The molecule has 0 atom stereocenters. The maximum atomic E-state index is 6.05. The molecule has 21 heavy (non-hydrogen) atoms. The molecule has 106 valence electrons. The molecule has 0 aliphatic rings. The van der Waals surface area contributed by atoms with Crippen molar-refractivity contribution in [3.05, 3.63) is 65.4 Å². The van der Waals surface area contributed by atoms with Gasteiger partial charge in [0.1, 0.15) is 5.75 Å². The number of benzene rings is 2. The van der Waals surface area contributed by atoms with E-state index >= 15 is 0 Å². The normalized spacial score (nSPS) is 10.8. The van der Waals surface area contributed by atoms with Crippen molar-refractivity contribution in [3.63, 3.8) is 0 Å². The largest absolute Gasteiger partial charge is 0.438 e. The van der Waals surface area contributed by atoms with Gasteiger partial charge in [0.15, 0.2) is 0 Å². The molecule has 0 saturated carbocycles. The van der Waals surface area contributed by atoms with Gasteiger partial charge < -0.3 is 4.74 Å². The van der Waals surface area contributed by atoms with Gasteiger partial charge in [-0.25, -0.2) is 4.98 Å². The molecule has 0 saturated heterocycles. The molecule has 3 rings (SSSR count). The van der Waals surface area contributed by atoms with E-state index in [2.05, 4.69) is 24.9 Å². The van der Waals surface area contributed by atoms with Crippen molar-refractivity contribution in [2.45, 2.75) is 19.7 Å². The van der Waals surface area contributed by atoms with Crippen molar-refractivity contribution < 1.29 is 4.74 Å². The lowest BCUT2D eigenvalue weighted by atomic mass is 10.1. The molecule has 0 aliphatic carbocycles. The van der Waals surface area contributed by atoms with E-state index in [9.17, 15) is 0 Å². The molecular weight excluding hydrogens is 282 g/mol. The summed E-state index contributed by atoms with van der Waals surface area (Å²) >= 11 is 5.98. The molecule has 0 spiro atoms. The number of alkyl halides is 1. The van der Waals surface area contributed by atoms with Gasteiger partial charge in [0.25, 0.3) is 0 Å². The van der Waals surface area contributed by atoms with Gasteiger partial charge in [-0.2, -0.15) is 0 Å². The molecule has 3 aromatic rings. The summed E-state index contributed by atoms with van der Waals surface area (Å²) in [5.41, 5.74) is 3.35. The van der Waals surface area contributed by atoms with Crippen LogP contribution in [0.1, 0.15) is 16.7 Å². The van der Waals surface area contributed by atoms with Crippen LogP contribution in [0.3, 0.4) is 0 Å². The van der Waals surface area contributed by atoms with E-state index in [4.69, 9.17) is 16.3 Å². The molecule has 3 heteroatoms. The average molecular weight is 298 g/mol. The lowest BCUT2D eigenvalue weighted by molar-refractivity contribution is 0.465. The molecular formula is C18H16ClNO. The molecule has 0 bridgehead atoms. The molecule has 1 aromatic heterocycles. The molecule has 0 unspecified atom stereocenters. The number of nitrogens with zero attached hydrogens (tertiary/aromatic N) is 1. The number of hydrogen-bond acceptors (Lipinski definition) is 2. The molecule has 0 amide bonds. The third-order valence-corrected chi connectivity index (χ3v) is 4.03. The van der Waals surface area contributed by atoms with Crippen molar-refractivity contribution in [3.8, 4) is 11.6 Å². The first-order chi connectivity index (χ1) is 10.2. The second kappa shape index (κ2) is 5.74. The molecule has 2 nitrogen and oxygen atoms in total. The standard InChI is InChI=1S/C18H16ClNO/c1-12-6-5-9-17(13(12)2)21-18-16-8-4-3-7-15(16)14(10-19)11-20-18/h3-9,11H,10H2,1-2H3. The minimum Gasteiger partial charge on any atom is -0.438 e. The highest BCUT2D eigenvalue weighted by molar-refractivity contribution is 6.18. The van der Waals surface area contributed by atoms with Crippen molar-refractivity contribution in [1.82, 2.24) is 4.98 Å². The smallest absolute Gasteiger partial charge is 0.227 e. The van der Waals surface area contributed by atoms with Crippen LogP contribution in [0.25, 0.3) is 10.8 Å². The number of ether oxygens (including phenoxy) is 1. The van der Waals surface area contributed by atoms with Crippen LogP contribution in [0.15, 0.2) is 48.7 Å². The van der Waals surface area contributed by atoms with E-state index in [1.807, 2.05) is 36.4 Å². The van der Waals surface area contributed by atoms with Gasteiger partial charge in [0, 0.05) is 17.5 Å². The molecule has 0 aliphatic heterocycles. The van der Waals surface area contributed by atoms with Crippen molar-refractivity contribution in [2.75, 3.05) is 0 Å². The fourth-order valence-corrected chi connectivity index (χ4v) is 2.56. The van der Waals surface area contributed by atoms with Gasteiger partial charge in [-0.05, 0) is 48.1 Å². The number of hydrogen-bond donors (Lipinski definition) is 0. The van der Waals surface area contributed by atoms with E-state index in [1.54, 1.807) is 6.20 Å². The fraction of sp³-hybridized carbons (Fsp3) is 0.167. The second-order valence-electron chi connectivity index (χ2n) is 5.07. The Labute approximate surface area is 129 Å². The minimum absolute atomic E-state index is 0.442. The first kappa shape index (κ1) is 13.9. The zero-order chi connectivity index (χ0) is 14.8. The van der Waals surface area contributed by atoms with Crippen LogP contribution >= 0.6 is 11.6 Å². The van der Waals surface area contributed by atoms with Crippen molar-refractivity contribution in [1.29, 1.82) is 0 Å². The quantitative estimate of drug-likeness (QED) is 0.605. The van der Waals surface area contributed by atoms with Crippen molar-refractivity contribution >= 4 is 22.4 Å². The molecule has 0 fully saturated rings. The highest BCUT2D eigenvalue weighted by atomic mass is 35.5. The maximum Gasteiger partial charge on any atom is 0.227 e. The van der Waals surface area contributed by atoms with Gasteiger partial charge in [-0.15, -0.1) is 11.6 Å². The monoisotopic (exact) mass is 297 g/mol. The molecule has 2 aromatic carbocycles. The minimum atomic E-state index is 0.442. The Balaban J connectivity index is 2.11. The van der Waals surface area contributed by atoms with Gasteiger partial charge in [0.2, 0.25) is 5.88 Å². The number of aromatic nitrogens is 1. The third-order valence-electron chi connectivity index (χ3n) is 3.75. The summed E-state index contributed by atoms with van der Waals surface area (Å²) in [6.45, 7) is 4.13. The Morgan fingerprint density at radius 3 is 2.52 bits per heavy atom.